The van der Waals surface area contributed by atoms with Crippen LogP contribution in [0.3, 0.4) is 0 Å². The highest BCUT2D eigenvalue weighted by molar-refractivity contribution is 6.31. The summed E-state index contributed by atoms with van der Waals surface area (Å²) < 4.78 is 1.83. The summed E-state index contributed by atoms with van der Waals surface area (Å²) in [5.41, 5.74) is 8.28. The van der Waals surface area contributed by atoms with E-state index in [4.69, 9.17) is 21.4 Å². The Bertz CT molecular complexity index is 1060. The predicted octanol–water partition coefficient (Wildman–Crippen LogP) is 4.15. The third-order valence-electron chi connectivity index (χ3n) is 5.86. The van der Waals surface area contributed by atoms with Gasteiger partial charge in [-0.05, 0) is 42.7 Å². The van der Waals surface area contributed by atoms with Gasteiger partial charge in [0.05, 0.1) is 36.6 Å². The van der Waals surface area contributed by atoms with Crippen LogP contribution >= 0.6 is 11.6 Å². The van der Waals surface area contributed by atoms with Gasteiger partial charge in [-0.1, -0.05) is 24.6 Å². The van der Waals surface area contributed by atoms with Crippen molar-refractivity contribution in [3.63, 3.8) is 0 Å². The molecule has 1 N–H and O–H groups in total. The Morgan fingerprint density at radius 3 is 2.93 bits per heavy atom. The lowest BCUT2D eigenvalue weighted by Crippen LogP contribution is -2.37. The number of halogens is 1. The van der Waals surface area contributed by atoms with Gasteiger partial charge in [0, 0.05) is 22.3 Å². The lowest BCUT2D eigenvalue weighted by molar-refractivity contribution is 0.220. The van der Waals surface area contributed by atoms with Gasteiger partial charge in [0.25, 0.3) is 0 Å². The number of allylic oxidation sites excluding steroid dienone is 1. The third kappa shape index (κ3) is 2.30. The summed E-state index contributed by atoms with van der Waals surface area (Å²) in [6.45, 7) is 5.03. The lowest BCUT2D eigenvalue weighted by Gasteiger charge is -2.40. The van der Waals surface area contributed by atoms with Crippen LogP contribution in [-0.4, -0.2) is 21.8 Å². The maximum atomic E-state index is 6.18. The highest BCUT2D eigenvalue weighted by Gasteiger charge is 2.50. The SMILES string of the molecule is C=C1N(Cc2nc3ccc(Cl)cc3n2NOC)c2cnccc2C12CCC2. The van der Waals surface area contributed by atoms with Crippen LogP contribution in [-0.2, 0) is 16.8 Å². The topological polar surface area (TPSA) is 55.2 Å². The van der Waals surface area contributed by atoms with Crippen LogP contribution in [0.1, 0.15) is 30.7 Å². The number of aromatic nitrogens is 3. The molecule has 1 aliphatic carbocycles. The van der Waals surface area contributed by atoms with Crippen LogP contribution in [0.5, 0.6) is 0 Å². The van der Waals surface area contributed by atoms with E-state index in [9.17, 15) is 0 Å². The first-order valence-corrected chi connectivity index (χ1v) is 9.39. The van der Waals surface area contributed by atoms with Crippen molar-refractivity contribution in [1.29, 1.82) is 0 Å². The van der Waals surface area contributed by atoms with Gasteiger partial charge in [-0.15, -0.1) is 0 Å². The molecule has 27 heavy (non-hydrogen) atoms. The lowest BCUT2D eigenvalue weighted by atomic mass is 9.64. The minimum absolute atomic E-state index is 0.0626. The summed E-state index contributed by atoms with van der Waals surface area (Å²) in [4.78, 5) is 16.6. The molecular weight excluding hydrogens is 362 g/mol. The number of fused-ring (bicyclic) bond motifs is 3. The molecule has 1 aliphatic heterocycles. The standard InChI is InChI=1S/C20H20ClN5O/c1-13-20(7-3-8-20)15-6-9-22-11-18(15)25(13)12-19-23-16-5-4-14(21)10-17(16)26(19)24-27-2/h4-6,9-11,24H,1,3,7-8,12H2,2H3. The summed E-state index contributed by atoms with van der Waals surface area (Å²) >= 11 is 6.18. The zero-order valence-corrected chi connectivity index (χ0v) is 15.8. The molecule has 7 heteroatoms. The van der Waals surface area contributed by atoms with Gasteiger partial charge in [0.15, 0.2) is 5.82 Å². The molecule has 0 saturated heterocycles. The van der Waals surface area contributed by atoms with Crippen molar-refractivity contribution >= 4 is 28.3 Å². The van der Waals surface area contributed by atoms with Gasteiger partial charge >= 0.3 is 0 Å². The van der Waals surface area contributed by atoms with Crippen LogP contribution in [0.25, 0.3) is 11.0 Å². The molecule has 3 aromatic rings. The van der Waals surface area contributed by atoms with Crippen LogP contribution in [0.4, 0.5) is 5.69 Å². The van der Waals surface area contributed by atoms with E-state index >= 15 is 0 Å². The predicted molar refractivity (Wildman–Crippen MR) is 106 cm³/mol. The van der Waals surface area contributed by atoms with E-state index in [2.05, 4.69) is 28.1 Å². The maximum Gasteiger partial charge on any atom is 0.150 e. The van der Waals surface area contributed by atoms with Gasteiger partial charge in [0.2, 0.25) is 0 Å². The van der Waals surface area contributed by atoms with Crippen molar-refractivity contribution in [2.24, 2.45) is 0 Å². The van der Waals surface area contributed by atoms with E-state index in [1.807, 2.05) is 35.3 Å². The number of hydrogen-bond acceptors (Lipinski definition) is 5. The van der Waals surface area contributed by atoms with Crippen molar-refractivity contribution in [2.45, 2.75) is 31.2 Å². The van der Waals surface area contributed by atoms with E-state index in [0.717, 1.165) is 41.1 Å². The van der Waals surface area contributed by atoms with Crippen molar-refractivity contribution in [1.82, 2.24) is 14.6 Å². The Kier molecular flexibility index (Phi) is 3.67. The largest absolute Gasteiger partial charge is 0.336 e. The fourth-order valence-corrected chi connectivity index (χ4v) is 4.54. The number of rotatable bonds is 4. The van der Waals surface area contributed by atoms with E-state index in [0.29, 0.717) is 11.6 Å². The second kappa shape index (κ2) is 5.97. The van der Waals surface area contributed by atoms with Crippen molar-refractivity contribution in [3.8, 4) is 0 Å². The molecular formula is C20H20ClN5O. The van der Waals surface area contributed by atoms with E-state index in [1.54, 1.807) is 7.11 Å². The quantitative estimate of drug-likeness (QED) is 0.688. The summed E-state index contributed by atoms with van der Waals surface area (Å²) in [5.74, 6) is 0.821. The summed E-state index contributed by atoms with van der Waals surface area (Å²) in [5, 5.41) is 0.654. The van der Waals surface area contributed by atoms with Crippen molar-refractivity contribution in [3.05, 3.63) is 65.3 Å². The second-order valence-electron chi connectivity index (χ2n) is 7.15. The van der Waals surface area contributed by atoms with Crippen LogP contribution in [0.2, 0.25) is 5.02 Å². The number of anilines is 1. The molecule has 2 aromatic heterocycles. The van der Waals surface area contributed by atoms with Gasteiger partial charge in [-0.3, -0.25) is 9.82 Å². The highest BCUT2D eigenvalue weighted by Crippen LogP contribution is 2.57. The molecule has 1 aromatic carbocycles. The summed E-state index contributed by atoms with van der Waals surface area (Å²) in [6.07, 6.45) is 7.32. The normalized spacial score (nSPS) is 17.4. The molecule has 2 aliphatic rings. The van der Waals surface area contributed by atoms with Gasteiger partial charge < -0.3 is 4.90 Å². The fraction of sp³-hybridized carbons (Fsp3) is 0.300. The molecule has 1 spiro atoms. The molecule has 0 amide bonds. The highest BCUT2D eigenvalue weighted by atomic mass is 35.5. The number of pyridine rings is 1. The Balaban J connectivity index is 1.59. The first-order chi connectivity index (χ1) is 13.1. The number of hydrogen-bond donors (Lipinski definition) is 1. The van der Waals surface area contributed by atoms with E-state index < -0.39 is 0 Å². The summed E-state index contributed by atoms with van der Waals surface area (Å²) in [6, 6.07) is 7.77. The monoisotopic (exact) mass is 381 g/mol. The van der Waals surface area contributed by atoms with Crippen LogP contribution in [0.15, 0.2) is 48.9 Å². The number of nitrogens with zero attached hydrogens (tertiary/aromatic N) is 4. The van der Waals surface area contributed by atoms with Gasteiger partial charge in [-0.2, -0.15) is 0 Å². The molecule has 3 heterocycles. The minimum Gasteiger partial charge on any atom is -0.336 e. The van der Waals surface area contributed by atoms with Crippen LogP contribution in [0, 0.1) is 0 Å². The molecule has 0 radical (unpaired) electrons. The zero-order valence-electron chi connectivity index (χ0n) is 15.1. The smallest absolute Gasteiger partial charge is 0.150 e. The second-order valence-corrected chi connectivity index (χ2v) is 7.59. The number of nitrogens with one attached hydrogen (secondary N) is 1. The van der Waals surface area contributed by atoms with E-state index in [-0.39, 0.29) is 5.41 Å². The van der Waals surface area contributed by atoms with Gasteiger partial charge in [0.1, 0.15) is 0 Å². The fourth-order valence-electron chi connectivity index (χ4n) is 4.37. The van der Waals surface area contributed by atoms with Crippen molar-refractivity contribution < 1.29 is 4.84 Å². The average molecular weight is 382 g/mol. The molecule has 138 valence electrons. The first kappa shape index (κ1) is 16.6. The molecule has 6 nitrogen and oxygen atoms in total. The van der Waals surface area contributed by atoms with Gasteiger partial charge in [-0.25, -0.2) is 15.2 Å². The molecule has 1 fully saturated rings. The molecule has 1 saturated carbocycles. The summed E-state index contributed by atoms with van der Waals surface area (Å²) in [7, 11) is 1.58. The van der Waals surface area contributed by atoms with E-state index in [1.165, 1.54) is 12.0 Å². The Hall–Kier alpha value is -2.57. The average Bonchev–Trinajstić information content (AvgIpc) is 3.09. The molecule has 0 bridgehead atoms. The number of imidazole rings is 1. The third-order valence-corrected chi connectivity index (χ3v) is 6.09. The molecule has 5 rings (SSSR count). The maximum absolute atomic E-state index is 6.18. The number of benzene rings is 1. The Morgan fingerprint density at radius 1 is 1.33 bits per heavy atom. The zero-order chi connectivity index (χ0) is 18.6. The van der Waals surface area contributed by atoms with Crippen LogP contribution < -0.4 is 10.5 Å². The Morgan fingerprint density at radius 2 is 2.19 bits per heavy atom. The molecule has 0 unspecified atom stereocenters. The minimum atomic E-state index is 0.0626. The van der Waals surface area contributed by atoms with Crippen molar-refractivity contribution in [2.75, 3.05) is 17.6 Å². The molecule has 0 atom stereocenters. The first-order valence-electron chi connectivity index (χ1n) is 9.01. The Labute approximate surface area is 162 Å².